The van der Waals surface area contributed by atoms with Gasteiger partial charge in [-0.05, 0) is 30.3 Å². The lowest BCUT2D eigenvalue weighted by molar-refractivity contribution is -0.127. The molecule has 1 aliphatic heterocycles. The zero-order chi connectivity index (χ0) is 19.2. The van der Waals surface area contributed by atoms with Gasteiger partial charge in [0.1, 0.15) is 0 Å². The van der Waals surface area contributed by atoms with Crippen molar-refractivity contribution in [1.29, 1.82) is 0 Å². The fourth-order valence-electron chi connectivity index (χ4n) is 3.26. The van der Waals surface area contributed by atoms with Gasteiger partial charge in [0, 0.05) is 56.8 Å². The molecule has 6 nitrogen and oxygen atoms in total. The second-order valence-corrected chi connectivity index (χ2v) is 6.81. The number of aromatic nitrogens is 3. The number of hydrogen-bond acceptors (Lipinski definition) is 4. The highest BCUT2D eigenvalue weighted by atomic mass is 16.2. The first kappa shape index (κ1) is 18.1. The topological polar surface area (TPSA) is 54.3 Å². The quantitative estimate of drug-likeness (QED) is 0.645. The van der Waals surface area contributed by atoms with E-state index in [0.29, 0.717) is 0 Å². The summed E-state index contributed by atoms with van der Waals surface area (Å²) < 4.78 is 1.81. The number of carbonyl (C=O) groups is 1. The van der Waals surface area contributed by atoms with Gasteiger partial charge in [-0.1, -0.05) is 24.3 Å². The first-order valence-electron chi connectivity index (χ1n) is 9.47. The van der Waals surface area contributed by atoms with E-state index in [9.17, 15) is 4.79 Å². The molecule has 0 saturated carbocycles. The third-order valence-electron chi connectivity index (χ3n) is 4.84. The lowest BCUT2D eigenvalue weighted by atomic mass is 10.2. The molecule has 3 aromatic rings. The Morgan fingerprint density at radius 2 is 1.79 bits per heavy atom. The zero-order valence-corrected chi connectivity index (χ0v) is 15.7. The van der Waals surface area contributed by atoms with E-state index in [2.05, 4.69) is 15.0 Å². The Morgan fingerprint density at radius 3 is 2.54 bits per heavy atom. The number of benzene rings is 1. The molecule has 142 valence electrons. The first-order chi connectivity index (χ1) is 13.8. The van der Waals surface area contributed by atoms with Crippen LogP contribution in [0.3, 0.4) is 0 Å². The lowest BCUT2D eigenvalue weighted by Crippen LogP contribution is -2.47. The summed E-state index contributed by atoms with van der Waals surface area (Å²) in [5.74, 6) is 0.0462. The molecule has 28 heavy (non-hydrogen) atoms. The van der Waals surface area contributed by atoms with Gasteiger partial charge in [0.15, 0.2) is 0 Å². The number of nitrogens with zero attached hydrogens (tertiary/aromatic N) is 5. The molecular weight excluding hydrogens is 350 g/mol. The maximum atomic E-state index is 12.5. The van der Waals surface area contributed by atoms with Crippen molar-refractivity contribution in [2.75, 3.05) is 26.2 Å². The maximum absolute atomic E-state index is 12.5. The number of carbonyl (C=O) groups excluding carboxylic acids is 1. The number of para-hydroxylation sites is 1. The predicted octanol–water partition coefficient (Wildman–Crippen LogP) is 2.62. The molecule has 6 heteroatoms. The SMILES string of the molecule is O=C(/C=C/c1cnn(-c2ccccc2)c1)N1CCN(Cc2ccccn2)CC1. The van der Waals surface area contributed by atoms with Crippen LogP contribution in [0.25, 0.3) is 11.8 Å². The molecule has 0 unspecified atom stereocenters. The molecule has 3 heterocycles. The van der Waals surface area contributed by atoms with E-state index in [-0.39, 0.29) is 5.91 Å². The Labute approximate surface area is 164 Å². The summed E-state index contributed by atoms with van der Waals surface area (Å²) in [5, 5.41) is 4.35. The van der Waals surface area contributed by atoms with Crippen molar-refractivity contribution < 1.29 is 4.79 Å². The van der Waals surface area contributed by atoms with Crippen LogP contribution in [0.2, 0.25) is 0 Å². The molecule has 1 amide bonds. The lowest BCUT2D eigenvalue weighted by Gasteiger charge is -2.34. The monoisotopic (exact) mass is 373 g/mol. The van der Waals surface area contributed by atoms with Crippen LogP contribution < -0.4 is 0 Å². The van der Waals surface area contributed by atoms with E-state index in [1.54, 1.807) is 17.0 Å². The largest absolute Gasteiger partial charge is 0.337 e. The highest BCUT2D eigenvalue weighted by molar-refractivity contribution is 5.91. The third kappa shape index (κ3) is 4.53. The molecule has 0 atom stereocenters. The Hall–Kier alpha value is -3.25. The highest BCUT2D eigenvalue weighted by Crippen LogP contribution is 2.10. The standard InChI is InChI=1S/C22H23N5O/c28-22(10-9-19-16-24-27(17-19)21-7-2-1-3-8-21)26-14-12-25(13-15-26)18-20-6-4-5-11-23-20/h1-11,16-17H,12-15,18H2/b10-9+. The molecule has 0 aliphatic carbocycles. The van der Waals surface area contributed by atoms with Crippen LogP contribution in [0.4, 0.5) is 0 Å². The molecule has 1 fully saturated rings. The van der Waals surface area contributed by atoms with Crippen LogP contribution in [0.1, 0.15) is 11.3 Å². The van der Waals surface area contributed by atoms with Gasteiger partial charge in [-0.3, -0.25) is 14.7 Å². The van der Waals surface area contributed by atoms with Crippen molar-refractivity contribution in [3.8, 4) is 5.69 Å². The van der Waals surface area contributed by atoms with Gasteiger partial charge in [0.25, 0.3) is 0 Å². The number of hydrogen-bond donors (Lipinski definition) is 0. The van der Waals surface area contributed by atoms with Crippen LogP contribution in [-0.2, 0) is 11.3 Å². The van der Waals surface area contributed by atoms with Gasteiger partial charge in [-0.2, -0.15) is 5.10 Å². The van der Waals surface area contributed by atoms with Crippen LogP contribution in [0.5, 0.6) is 0 Å². The summed E-state index contributed by atoms with van der Waals surface area (Å²) in [6.07, 6.45) is 8.97. The summed E-state index contributed by atoms with van der Waals surface area (Å²) in [7, 11) is 0. The Kier molecular flexibility index (Phi) is 5.58. The van der Waals surface area contributed by atoms with Crippen molar-refractivity contribution in [3.05, 3.63) is 84.5 Å². The van der Waals surface area contributed by atoms with Gasteiger partial charge in [0.2, 0.25) is 5.91 Å². The van der Waals surface area contributed by atoms with E-state index < -0.39 is 0 Å². The minimum absolute atomic E-state index is 0.0462. The number of amides is 1. The summed E-state index contributed by atoms with van der Waals surface area (Å²) in [4.78, 5) is 21.1. The fraction of sp³-hybridized carbons (Fsp3) is 0.227. The van der Waals surface area contributed by atoms with Crippen LogP contribution in [0, 0.1) is 0 Å². The Bertz CT molecular complexity index is 928. The summed E-state index contributed by atoms with van der Waals surface area (Å²) in [5.41, 5.74) is 2.97. The van der Waals surface area contributed by atoms with E-state index in [1.807, 2.05) is 71.9 Å². The summed E-state index contributed by atoms with van der Waals surface area (Å²) >= 11 is 0. The van der Waals surface area contributed by atoms with Gasteiger partial charge in [-0.25, -0.2) is 4.68 Å². The number of pyridine rings is 1. The van der Waals surface area contributed by atoms with Gasteiger partial charge in [0.05, 0.1) is 17.6 Å². The smallest absolute Gasteiger partial charge is 0.246 e. The van der Waals surface area contributed by atoms with Crippen LogP contribution >= 0.6 is 0 Å². The van der Waals surface area contributed by atoms with E-state index >= 15 is 0 Å². The van der Waals surface area contributed by atoms with E-state index in [0.717, 1.165) is 49.7 Å². The summed E-state index contributed by atoms with van der Waals surface area (Å²) in [6, 6.07) is 15.9. The molecule has 0 N–H and O–H groups in total. The van der Waals surface area contributed by atoms with Gasteiger partial charge >= 0.3 is 0 Å². The minimum Gasteiger partial charge on any atom is -0.337 e. The predicted molar refractivity (Wildman–Crippen MR) is 109 cm³/mol. The molecule has 1 aromatic carbocycles. The highest BCUT2D eigenvalue weighted by Gasteiger charge is 2.19. The van der Waals surface area contributed by atoms with Gasteiger partial charge < -0.3 is 4.90 Å². The molecule has 4 rings (SSSR count). The minimum atomic E-state index is 0.0462. The van der Waals surface area contributed by atoms with Crippen molar-refractivity contribution in [3.63, 3.8) is 0 Å². The molecule has 1 saturated heterocycles. The van der Waals surface area contributed by atoms with E-state index in [4.69, 9.17) is 0 Å². The molecule has 1 aliphatic rings. The number of piperazine rings is 1. The zero-order valence-electron chi connectivity index (χ0n) is 15.7. The van der Waals surface area contributed by atoms with Crippen molar-refractivity contribution >= 4 is 12.0 Å². The fourth-order valence-corrected chi connectivity index (χ4v) is 3.26. The average molecular weight is 373 g/mol. The first-order valence-corrected chi connectivity index (χ1v) is 9.47. The normalized spacial score (nSPS) is 15.2. The van der Waals surface area contributed by atoms with E-state index in [1.165, 1.54) is 0 Å². The third-order valence-corrected chi connectivity index (χ3v) is 4.84. The molecule has 0 spiro atoms. The van der Waals surface area contributed by atoms with Gasteiger partial charge in [-0.15, -0.1) is 0 Å². The molecule has 2 aromatic heterocycles. The van der Waals surface area contributed by atoms with Crippen LogP contribution in [0.15, 0.2) is 73.2 Å². The van der Waals surface area contributed by atoms with Crippen molar-refractivity contribution in [2.45, 2.75) is 6.54 Å². The second kappa shape index (κ2) is 8.63. The Balaban J connectivity index is 1.29. The maximum Gasteiger partial charge on any atom is 0.246 e. The molecule has 0 radical (unpaired) electrons. The van der Waals surface area contributed by atoms with Crippen LogP contribution in [-0.4, -0.2) is 56.7 Å². The average Bonchev–Trinajstić information content (AvgIpc) is 3.23. The molecule has 0 bridgehead atoms. The van der Waals surface area contributed by atoms with Crippen molar-refractivity contribution in [1.82, 2.24) is 24.6 Å². The van der Waals surface area contributed by atoms with Crippen molar-refractivity contribution in [2.24, 2.45) is 0 Å². The second-order valence-electron chi connectivity index (χ2n) is 6.81. The number of rotatable bonds is 5. The summed E-state index contributed by atoms with van der Waals surface area (Å²) in [6.45, 7) is 4.03. The molecular formula is C22H23N5O. The Morgan fingerprint density at radius 1 is 1.00 bits per heavy atom.